The Morgan fingerprint density at radius 3 is 1.10 bits per heavy atom. The van der Waals surface area contributed by atoms with E-state index in [0.29, 0.717) is 5.92 Å². The maximum absolute atomic E-state index is 4.10. The average Bonchev–Trinajstić information content (AvgIpc) is 3.42. The van der Waals surface area contributed by atoms with Crippen molar-refractivity contribution in [3.05, 3.63) is 167 Å². The first-order valence-electron chi connectivity index (χ1n) is 29.6. The number of rotatable bonds is 20. The molecule has 0 aliphatic heterocycles. The Morgan fingerprint density at radius 1 is 0.458 bits per heavy atom. The molecule has 0 nitrogen and oxygen atoms in total. The molecule has 0 amide bonds. The summed E-state index contributed by atoms with van der Waals surface area (Å²) in [5, 5.41) is 0. The van der Waals surface area contributed by atoms with Crippen molar-refractivity contribution in [1.82, 2.24) is 0 Å². The summed E-state index contributed by atoms with van der Waals surface area (Å²) in [5.41, 5.74) is 15.8. The lowest BCUT2D eigenvalue weighted by molar-refractivity contribution is 0.667. The summed E-state index contributed by atoms with van der Waals surface area (Å²) in [6, 6.07) is 25.0. The molecular formula is C72H124. The Bertz CT molecular complexity index is 1710. The maximum Gasteiger partial charge on any atom is -0.0183 e. The fraction of sp³-hybridized carbons (Fsp3) is 0.556. The third-order valence-electron chi connectivity index (χ3n) is 11.2. The van der Waals surface area contributed by atoms with Crippen LogP contribution in [0.4, 0.5) is 0 Å². The number of benzene rings is 3. The molecule has 3 aromatic carbocycles. The fourth-order valence-electron chi connectivity index (χ4n) is 6.56. The Hall–Kier alpha value is -4.16. The van der Waals surface area contributed by atoms with Gasteiger partial charge >= 0.3 is 0 Å². The molecule has 0 saturated heterocycles. The molecule has 0 aliphatic rings. The van der Waals surface area contributed by atoms with E-state index in [4.69, 9.17) is 0 Å². The summed E-state index contributed by atoms with van der Waals surface area (Å²) in [7, 11) is 0. The van der Waals surface area contributed by atoms with Gasteiger partial charge < -0.3 is 0 Å². The highest BCUT2D eigenvalue weighted by molar-refractivity contribution is 6.02. The highest BCUT2D eigenvalue weighted by Gasteiger charge is 2.16. The highest BCUT2D eigenvalue weighted by atomic mass is 14.2. The van der Waals surface area contributed by atoms with E-state index in [2.05, 4.69) is 192 Å². The third-order valence-corrected chi connectivity index (χ3v) is 11.2. The molecule has 0 radical (unpaired) electrons. The highest BCUT2D eigenvalue weighted by Crippen LogP contribution is 2.35. The van der Waals surface area contributed by atoms with E-state index in [0.717, 1.165) is 22.3 Å². The van der Waals surface area contributed by atoms with E-state index < -0.39 is 0 Å². The first kappa shape index (κ1) is 79.3. The van der Waals surface area contributed by atoms with Crippen LogP contribution in [0, 0.1) is 19.8 Å². The minimum Gasteiger partial charge on any atom is -0.0919 e. The number of unbranched alkanes of at least 4 members (excludes halogenated alkanes) is 7. The van der Waals surface area contributed by atoms with Crippen molar-refractivity contribution < 1.29 is 0 Å². The van der Waals surface area contributed by atoms with Crippen LogP contribution in [-0.4, -0.2) is 0 Å². The van der Waals surface area contributed by atoms with Gasteiger partial charge in [0, 0.05) is 0 Å². The summed E-state index contributed by atoms with van der Waals surface area (Å²) in [6.45, 7) is 57.9. The van der Waals surface area contributed by atoms with Gasteiger partial charge in [-0.05, 0) is 142 Å². The van der Waals surface area contributed by atoms with E-state index in [-0.39, 0.29) is 0 Å². The summed E-state index contributed by atoms with van der Waals surface area (Å²) in [4.78, 5) is 0. The molecule has 3 rings (SSSR count). The van der Waals surface area contributed by atoms with E-state index in [1.54, 1.807) is 0 Å². The second kappa shape index (κ2) is 61.1. The predicted octanol–water partition coefficient (Wildman–Crippen LogP) is 26.1. The SMILES string of the molecule is C/C=C(\C=C(/C)c1ccc(/C(=C/C(=C\C)CCCCCC)[C@@H](C)CC)c(C)c1C)CCCCCC.C/C=C\C.C=C(C(=C)c1ccccc1)c1ccccc1.CC.CC.CCC.CCC.CCC.CCCC. The van der Waals surface area contributed by atoms with Gasteiger partial charge in [0.2, 0.25) is 0 Å². The Balaban J connectivity index is -0.000000240. The number of allylic oxidation sites excluding steroid dienone is 12. The first-order chi connectivity index (χ1) is 34.7. The van der Waals surface area contributed by atoms with Crippen molar-refractivity contribution >= 4 is 22.3 Å². The minimum absolute atomic E-state index is 0.555. The molecule has 412 valence electrons. The molecule has 3 aromatic rings. The molecule has 0 heterocycles. The second-order valence-corrected chi connectivity index (χ2v) is 18.0. The van der Waals surface area contributed by atoms with Crippen molar-refractivity contribution in [3.8, 4) is 0 Å². The van der Waals surface area contributed by atoms with E-state index in [9.17, 15) is 0 Å². The van der Waals surface area contributed by atoms with Crippen LogP contribution >= 0.6 is 0 Å². The molecule has 0 aliphatic carbocycles. The van der Waals surface area contributed by atoms with Crippen molar-refractivity contribution in [2.24, 2.45) is 5.92 Å². The van der Waals surface area contributed by atoms with Crippen LogP contribution in [0.15, 0.2) is 134 Å². The summed E-state index contributed by atoms with van der Waals surface area (Å²) in [6.07, 6.45) is 34.1. The Kier molecular flexibility index (Phi) is 67.3. The zero-order valence-corrected chi connectivity index (χ0v) is 52.7. The molecule has 0 spiro atoms. The molecule has 1 atom stereocenters. The molecule has 0 aromatic heterocycles. The largest absolute Gasteiger partial charge is 0.0919 e. The van der Waals surface area contributed by atoms with Gasteiger partial charge in [-0.1, -0.05) is 315 Å². The van der Waals surface area contributed by atoms with Crippen molar-refractivity contribution in [2.45, 2.75) is 262 Å². The summed E-state index contributed by atoms with van der Waals surface area (Å²) >= 11 is 0. The molecular weight excluding hydrogens is 865 g/mol. The quantitative estimate of drug-likeness (QED) is 0.0601. The lowest BCUT2D eigenvalue weighted by atomic mass is 9.84. The summed E-state index contributed by atoms with van der Waals surface area (Å²) in [5.74, 6) is 0.555. The van der Waals surface area contributed by atoms with E-state index >= 15 is 0 Å². The molecule has 0 N–H and O–H groups in total. The zero-order chi connectivity index (χ0) is 56.5. The molecule has 0 fully saturated rings. The van der Waals surface area contributed by atoms with Crippen LogP contribution < -0.4 is 0 Å². The molecule has 0 saturated carbocycles. The minimum atomic E-state index is 0.555. The van der Waals surface area contributed by atoms with Crippen LogP contribution in [0.5, 0.6) is 0 Å². The standard InChI is InChI=1S/C35H56.C16H14.C4H10.C4H8.3C3H8.2C2H6/c1-10-15-17-19-21-31(13-4)25-28(7)33-23-24-34(30(9)29(33)8)35(27(6)12-3)26-32(14-5)22-20-18-16-11-2;1-13(15-9-5-3-6-10-15)14(2)16-11-7-4-8-12-16;2*1-3-4-2;3*1-3-2;2*1-2/h13-14,23-27H,10-12,15-22H2,1-9H3;3-12H,1-2H2;3-4H2,1-2H3;3-4H,1-2H3;3*3H2,1-2H3;2*1-2H3/b28-25+,31-13-,32-14-,35-26+;;;4-3-;;;;;/t27-;;;;;;;;/m0......../s1. The van der Waals surface area contributed by atoms with Gasteiger partial charge in [-0.3, -0.25) is 0 Å². The molecule has 0 heteroatoms. The first-order valence-corrected chi connectivity index (χ1v) is 29.6. The third kappa shape index (κ3) is 42.4. The van der Waals surface area contributed by atoms with Gasteiger partial charge in [0.15, 0.2) is 0 Å². The van der Waals surface area contributed by atoms with Crippen molar-refractivity contribution in [3.63, 3.8) is 0 Å². The molecule has 0 unspecified atom stereocenters. The van der Waals surface area contributed by atoms with Gasteiger partial charge in [0.1, 0.15) is 0 Å². The van der Waals surface area contributed by atoms with E-state index in [1.165, 1.54) is 147 Å². The lowest BCUT2D eigenvalue weighted by Gasteiger charge is -2.21. The lowest BCUT2D eigenvalue weighted by Crippen LogP contribution is -2.03. The van der Waals surface area contributed by atoms with Crippen LogP contribution in [0.1, 0.15) is 282 Å². The fourth-order valence-corrected chi connectivity index (χ4v) is 6.56. The van der Waals surface area contributed by atoms with Gasteiger partial charge in [0.25, 0.3) is 0 Å². The predicted molar refractivity (Wildman–Crippen MR) is 345 cm³/mol. The Morgan fingerprint density at radius 2 is 0.792 bits per heavy atom. The topological polar surface area (TPSA) is 0 Å². The normalized spacial score (nSPS) is 11.1. The Labute approximate surface area is 454 Å². The number of hydrogen-bond donors (Lipinski definition) is 0. The zero-order valence-electron chi connectivity index (χ0n) is 52.7. The van der Waals surface area contributed by atoms with E-state index in [1.807, 2.05) is 90.1 Å². The van der Waals surface area contributed by atoms with Crippen molar-refractivity contribution in [1.29, 1.82) is 0 Å². The maximum atomic E-state index is 4.10. The van der Waals surface area contributed by atoms with Gasteiger partial charge in [-0.15, -0.1) is 0 Å². The van der Waals surface area contributed by atoms with Crippen molar-refractivity contribution in [2.75, 3.05) is 0 Å². The smallest absolute Gasteiger partial charge is 0.0183 e. The van der Waals surface area contributed by atoms with Crippen LogP contribution in [-0.2, 0) is 0 Å². The van der Waals surface area contributed by atoms with Gasteiger partial charge in [0.05, 0.1) is 0 Å². The monoisotopic (exact) mass is 989 g/mol. The van der Waals surface area contributed by atoms with Crippen LogP contribution in [0.2, 0.25) is 0 Å². The number of hydrogen-bond acceptors (Lipinski definition) is 0. The molecule has 72 heavy (non-hydrogen) atoms. The van der Waals surface area contributed by atoms with Crippen LogP contribution in [0.3, 0.4) is 0 Å². The van der Waals surface area contributed by atoms with Crippen LogP contribution in [0.25, 0.3) is 22.3 Å². The summed E-state index contributed by atoms with van der Waals surface area (Å²) < 4.78 is 0. The van der Waals surface area contributed by atoms with Gasteiger partial charge in [-0.25, -0.2) is 0 Å². The average molecular weight is 990 g/mol. The second-order valence-electron chi connectivity index (χ2n) is 18.0. The van der Waals surface area contributed by atoms with Gasteiger partial charge in [-0.2, -0.15) is 0 Å². The molecule has 0 bridgehead atoms.